The summed E-state index contributed by atoms with van der Waals surface area (Å²) in [7, 11) is 3.41. The molecule has 2 aromatic rings. The number of rotatable bonds is 8. The van der Waals surface area contributed by atoms with Gasteiger partial charge in [0, 0.05) is 18.2 Å². The van der Waals surface area contributed by atoms with Crippen LogP contribution in [0.2, 0.25) is 0 Å². The van der Waals surface area contributed by atoms with E-state index < -0.39 is 0 Å². The van der Waals surface area contributed by atoms with Gasteiger partial charge in [0.15, 0.2) is 0 Å². The first kappa shape index (κ1) is 18.5. The zero-order chi connectivity index (χ0) is 18.1. The van der Waals surface area contributed by atoms with Crippen molar-refractivity contribution in [2.24, 2.45) is 0 Å². The highest BCUT2D eigenvalue weighted by atomic mass is 16.5. The zero-order valence-electron chi connectivity index (χ0n) is 14.5. The van der Waals surface area contributed by atoms with Gasteiger partial charge in [-0.1, -0.05) is 18.2 Å². The Kier molecular flexibility index (Phi) is 6.98. The quantitative estimate of drug-likeness (QED) is 0.645. The van der Waals surface area contributed by atoms with Crippen LogP contribution in [-0.4, -0.2) is 32.5 Å². The van der Waals surface area contributed by atoms with Gasteiger partial charge in [0.25, 0.3) is 5.91 Å². The van der Waals surface area contributed by atoms with Crippen molar-refractivity contribution in [1.82, 2.24) is 5.32 Å². The Hall–Kier alpha value is -2.86. The van der Waals surface area contributed by atoms with Gasteiger partial charge in [-0.15, -0.1) is 0 Å². The second-order valence-corrected chi connectivity index (χ2v) is 5.49. The lowest BCUT2D eigenvalue weighted by Crippen LogP contribution is -2.19. The molecule has 0 saturated carbocycles. The van der Waals surface area contributed by atoms with E-state index in [9.17, 15) is 9.59 Å². The van der Waals surface area contributed by atoms with Crippen molar-refractivity contribution in [3.63, 3.8) is 0 Å². The largest absolute Gasteiger partial charge is 0.497 e. The van der Waals surface area contributed by atoms with Gasteiger partial charge in [-0.2, -0.15) is 0 Å². The number of methoxy groups -OCH3 is 1. The Balaban J connectivity index is 2.08. The molecule has 2 rings (SSSR count). The molecule has 0 unspecified atom stereocenters. The molecule has 0 aromatic heterocycles. The molecular weight excluding hydrogens is 318 g/mol. The minimum absolute atomic E-state index is 0.114. The minimum Gasteiger partial charge on any atom is -0.497 e. The topological polar surface area (TPSA) is 79.5 Å². The predicted molar refractivity (Wildman–Crippen MR) is 99.2 cm³/mol. The van der Waals surface area contributed by atoms with E-state index in [-0.39, 0.29) is 11.8 Å². The molecule has 0 heterocycles. The smallest absolute Gasteiger partial charge is 0.257 e. The number of ether oxygens (including phenoxy) is 1. The Morgan fingerprint density at radius 3 is 2.60 bits per heavy atom. The van der Waals surface area contributed by atoms with Gasteiger partial charge in [0.1, 0.15) is 5.75 Å². The molecule has 0 atom stereocenters. The summed E-state index contributed by atoms with van der Waals surface area (Å²) in [6.07, 6.45) is 1.13. The number of carbonyl (C=O) groups is 2. The van der Waals surface area contributed by atoms with Crippen LogP contribution in [0.5, 0.6) is 5.75 Å². The number of nitrogens with one attached hydrogen (secondary N) is 3. The maximum absolute atomic E-state index is 12.6. The minimum atomic E-state index is -0.292. The fraction of sp³-hybridized carbons (Fsp3) is 0.263. The molecule has 6 nitrogen and oxygen atoms in total. The van der Waals surface area contributed by atoms with E-state index in [0.29, 0.717) is 29.1 Å². The van der Waals surface area contributed by atoms with Gasteiger partial charge >= 0.3 is 0 Å². The van der Waals surface area contributed by atoms with Crippen LogP contribution in [0.3, 0.4) is 0 Å². The van der Waals surface area contributed by atoms with Crippen molar-refractivity contribution in [2.45, 2.75) is 12.8 Å². The molecule has 0 aliphatic heterocycles. The average molecular weight is 341 g/mol. The summed E-state index contributed by atoms with van der Waals surface area (Å²) in [5.74, 6) is 0.250. The molecule has 2 amide bonds. The van der Waals surface area contributed by atoms with Crippen LogP contribution in [-0.2, 0) is 4.79 Å². The number of amides is 2. The van der Waals surface area contributed by atoms with E-state index in [1.807, 2.05) is 7.05 Å². The molecule has 0 bridgehead atoms. The molecule has 0 fully saturated rings. The summed E-state index contributed by atoms with van der Waals surface area (Å²) >= 11 is 0. The highest BCUT2D eigenvalue weighted by Gasteiger charge is 2.13. The molecule has 0 aliphatic rings. The van der Waals surface area contributed by atoms with Crippen molar-refractivity contribution in [3.05, 3.63) is 54.1 Å². The summed E-state index contributed by atoms with van der Waals surface area (Å²) < 4.78 is 5.15. The second kappa shape index (κ2) is 9.44. The number of hydrogen-bond donors (Lipinski definition) is 3. The summed E-state index contributed by atoms with van der Waals surface area (Å²) in [6, 6.07) is 14.0. The molecule has 0 aliphatic carbocycles. The molecule has 3 N–H and O–H groups in total. The first-order valence-corrected chi connectivity index (χ1v) is 8.13. The molecule has 0 radical (unpaired) electrons. The maximum atomic E-state index is 12.6. The third-order valence-electron chi connectivity index (χ3n) is 3.60. The molecular formula is C19H23N3O3. The third-order valence-corrected chi connectivity index (χ3v) is 3.60. The van der Waals surface area contributed by atoms with E-state index in [0.717, 1.165) is 13.0 Å². The molecule has 2 aromatic carbocycles. The molecule has 25 heavy (non-hydrogen) atoms. The highest BCUT2D eigenvalue weighted by Crippen LogP contribution is 2.20. The van der Waals surface area contributed by atoms with E-state index >= 15 is 0 Å². The lowest BCUT2D eigenvalue weighted by Gasteiger charge is -2.12. The second-order valence-electron chi connectivity index (χ2n) is 5.49. The molecule has 0 spiro atoms. The highest BCUT2D eigenvalue weighted by molar-refractivity contribution is 6.10. The number of benzene rings is 2. The number of para-hydroxylation sites is 1. The standard InChI is InChI=1S/C19H23N3O3/c1-20-12-6-11-18(23)22-17-10-4-3-9-16(17)19(24)21-14-7-5-8-15(13-14)25-2/h3-5,7-10,13,20H,6,11-12H2,1-2H3,(H,21,24)(H,22,23). The summed E-state index contributed by atoms with van der Waals surface area (Å²) in [6.45, 7) is 0.769. The van der Waals surface area contributed by atoms with Crippen LogP contribution < -0.4 is 20.7 Å². The van der Waals surface area contributed by atoms with E-state index in [4.69, 9.17) is 4.74 Å². The molecule has 6 heteroatoms. The number of carbonyl (C=O) groups excluding carboxylic acids is 2. The third kappa shape index (κ3) is 5.61. The van der Waals surface area contributed by atoms with Crippen molar-refractivity contribution in [3.8, 4) is 5.75 Å². The van der Waals surface area contributed by atoms with E-state index in [2.05, 4.69) is 16.0 Å². The van der Waals surface area contributed by atoms with Crippen LogP contribution in [0.1, 0.15) is 23.2 Å². The van der Waals surface area contributed by atoms with Gasteiger partial charge in [-0.25, -0.2) is 0 Å². The molecule has 0 saturated heterocycles. The van der Waals surface area contributed by atoms with Gasteiger partial charge in [0.2, 0.25) is 5.91 Å². The number of anilines is 2. The van der Waals surface area contributed by atoms with Crippen LogP contribution in [0.25, 0.3) is 0 Å². The predicted octanol–water partition coefficient (Wildman–Crippen LogP) is 2.89. The van der Waals surface area contributed by atoms with Crippen LogP contribution in [0.4, 0.5) is 11.4 Å². The lowest BCUT2D eigenvalue weighted by molar-refractivity contribution is -0.116. The van der Waals surface area contributed by atoms with Gasteiger partial charge in [0.05, 0.1) is 18.4 Å². The van der Waals surface area contributed by atoms with Crippen LogP contribution in [0, 0.1) is 0 Å². The van der Waals surface area contributed by atoms with Gasteiger partial charge in [-0.3, -0.25) is 9.59 Å². The zero-order valence-corrected chi connectivity index (χ0v) is 14.5. The fourth-order valence-corrected chi connectivity index (χ4v) is 2.33. The molecule has 132 valence electrons. The Bertz CT molecular complexity index is 731. The average Bonchev–Trinajstić information content (AvgIpc) is 2.62. The number of hydrogen-bond acceptors (Lipinski definition) is 4. The Morgan fingerprint density at radius 1 is 1.04 bits per heavy atom. The maximum Gasteiger partial charge on any atom is 0.257 e. The fourth-order valence-electron chi connectivity index (χ4n) is 2.33. The van der Waals surface area contributed by atoms with Crippen molar-refractivity contribution >= 4 is 23.2 Å². The van der Waals surface area contributed by atoms with Gasteiger partial charge < -0.3 is 20.7 Å². The van der Waals surface area contributed by atoms with Crippen molar-refractivity contribution in [2.75, 3.05) is 31.3 Å². The Labute approximate surface area is 147 Å². The lowest BCUT2D eigenvalue weighted by atomic mass is 10.1. The van der Waals surface area contributed by atoms with Crippen LogP contribution >= 0.6 is 0 Å². The van der Waals surface area contributed by atoms with Crippen molar-refractivity contribution in [1.29, 1.82) is 0 Å². The first-order chi connectivity index (χ1) is 12.1. The summed E-state index contributed by atoms with van der Waals surface area (Å²) in [5, 5.41) is 8.62. The summed E-state index contributed by atoms with van der Waals surface area (Å²) in [5.41, 5.74) is 1.53. The monoisotopic (exact) mass is 341 g/mol. The van der Waals surface area contributed by atoms with E-state index in [1.165, 1.54) is 0 Å². The van der Waals surface area contributed by atoms with Crippen molar-refractivity contribution < 1.29 is 14.3 Å². The SMILES string of the molecule is CNCCCC(=O)Nc1ccccc1C(=O)Nc1cccc(OC)c1. The Morgan fingerprint density at radius 2 is 1.84 bits per heavy atom. The summed E-state index contributed by atoms with van der Waals surface area (Å²) in [4.78, 5) is 24.6. The van der Waals surface area contributed by atoms with E-state index in [1.54, 1.807) is 55.6 Å². The normalized spacial score (nSPS) is 10.2. The first-order valence-electron chi connectivity index (χ1n) is 8.13. The van der Waals surface area contributed by atoms with Crippen LogP contribution in [0.15, 0.2) is 48.5 Å². The van der Waals surface area contributed by atoms with Gasteiger partial charge in [-0.05, 0) is 44.3 Å².